The first-order valence-corrected chi connectivity index (χ1v) is 21.5. The van der Waals surface area contributed by atoms with Crippen LogP contribution >= 0.6 is 7.82 Å². The predicted octanol–water partition coefficient (Wildman–Crippen LogP) is 10.1. The summed E-state index contributed by atoms with van der Waals surface area (Å²) in [7, 11) is -4.72. The summed E-state index contributed by atoms with van der Waals surface area (Å²) >= 11 is 0. The van der Waals surface area contributed by atoms with Crippen molar-refractivity contribution in [1.82, 2.24) is 0 Å². The highest BCUT2D eigenvalue weighted by Gasteiger charge is 2.28. The summed E-state index contributed by atoms with van der Waals surface area (Å²) in [5.41, 5.74) is 5.31. The van der Waals surface area contributed by atoms with Gasteiger partial charge in [0.1, 0.15) is 12.6 Å². The molecular weight excluding hydrogens is 685 g/mol. The number of hydrogen-bond acceptors (Lipinski definition) is 9. The van der Waals surface area contributed by atoms with Crippen LogP contribution in [0.4, 0.5) is 0 Å². The van der Waals surface area contributed by atoms with Crippen molar-refractivity contribution < 1.29 is 47.5 Å². The van der Waals surface area contributed by atoms with Crippen molar-refractivity contribution in [3.05, 3.63) is 36.5 Å². The molecule has 302 valence electrons. The Morgan fingerprint density at radius 1 is 0.596 bits per heavy atom. The highest BCUT2D eigenvalue weighted by molar-refractivity contribution is 7.47. The number of carbonyl (C=O) groups excluding carboxylic acids is 2. The molecule has 4 N–H and O–H groups in total. The number of ether oxygens (including phenoxy) is 2. The number of phosphoric acid groups is 1. The van der Waals surface area contributed by atoms with Crippen molar-refractivity contribution in [2.24, 2.45) is 5.73 Å². The SMILES string of the molecule is CCCCCCCC/C=C/C/C=C/C/C=C/CCCC(=O)OC[C@@H](COP(=O)(O)OC[C@@H](N)C(=O)O)OC(=O)CCCCCCCCCCCCC. The molecule has 52 heavy (non-hydrogen) atoms. The van der Waals surface area contributed by atoms with Crippen molar-refractivity contribution in [3.63, 3.8) is 0 Å². The van der Waals surface area contributed by atoms with Gasteiger partial charge in [0.25, 0.3) is 0 Å². The van der Waals surface area contributed by atoms with Crippen LogP contribution in [-0.4, -0.2) is 59.9 Å². The molecule has 0 rings (SSSR count). The molecule has 0 heterocycles. The Morgan fingerprint density at radius 2 is 1.04 bits per heavy atom. The normalized spacial score (nSPS) is 14.2. The minimum absolute atomic E-state index is 0.151. The number of aliphatic carboxylic acids is 1. The molecule has 0 fully saturated rings. The molecule has 0 aromatic carbocycles. The Labute approximate surface area is 314 Å². The van der Waals surface area contributed by atoms with E-state index in [1.165, 1.54) is 83.5 Å². The van der Waals surface area contributed by atoms with Gasteiger partial charge in [-0.15, -0.1) is 0 Å². The van der Waals surface area contributed by atoms with Crippen molar-refractivity contribution in [3.8, 4) is 0 Å². The van der Waals surface area contributed by atoms with Gasteiger partial charge in [-0.05, 0) is 44.9 Å². The minimum atomic E-state index is -4.72. The zero-order valence-corrected chi connectivity index (χ0v) is 33.3. The number of rotatable bonds is 37. The fourth-order valence-corrected chi connectivity index (χ4v) is 5.98. The second kappa shape index (κ2) is 35.7. The van der Waals surface area contributed by atoms with Crippen LogP contribution in [0.15, 0.2) is 36.5 Å². The molecule has 0 aliphatic rings. The fourth-order valence-electron chi connectivity index (χ4n) is 5.20. The zero-order chi connectivity index (χ0) is 38.5. The van der Waals surface area contributed by atoms with Crippen LogP contribution in [0.2, 0.25) is 0 Å². The van der Waals surface area contributed by atoms with Gasteiger partial charge in [0.05, 0.1) is 13.2 Å². The van der Waals surface area contributed by atoms with Crippen LogP contribution < -0.4 is 5.73 Å². The van der Waals surface area contributed by atoms with E-state index in [9.17, 15) is 23.8 Å². The summed E-state index contributed by atoms with van der Waals surface area (Å²) in [5, 5.41) is 8.86. The van der Waals surface area contributed by atoms with Crippen LogP contribution in [0.5, 0.6) is 0 Å². The molecule has 0 radical (unpaired) electrons. The largest absolute Gasteiger partial charge is 0.480 e. The van der Waals surface area contributed by atoms with E-state index in [-0.39, 0.29) is 19.4 Å². The van der Waals surface area contributed by atoms with Crippen molar-refractivity contribution in [2.75, 3.05) is 19.8 Å². The van der Waals surface area contributed by atoms with E-state index in [0.29, 0.717) is 19.3 Å². The second-order valence-electron chi connectivity index (χ2n) is 13.4. The van der Waals surface area contributed by atoms with Crippen molar-refractivity contribution in [2.45, 2.75) is 180 Å². The number of carboxylic acids is 1. The summed E-state index contributed by atoms with van der Waals surface area (Å²) < 4.78 is 32.5. The molecule has 0 saturated heterocycles. The van der Waals surface area contributed by atoms with Gasteiger partial charge in [-0.25, -0.2) is 4.57 Å². The Bertz CT molecular complexity index is 1030. The van der Waals surface area contributed by atoms with Crippen LogP contribution in [0.3, 0.4) is 0 Å². The molecule has 0 aromatic heterocycles. The van der Waals surface area contributed by atoms with Gasteiger partial charge in [0.2, 0.25) is 0 Å². The van der Waals surface area contributed by atoms with Gasteiger partial charge in [0.15, 0.2) is 6.10 Å². The quantitative estimate of drug-likeness (QED) is 0.0238. The Hall–Kier alpha value is -2.30. The van der Waals surface area contributed by atoms with Crippen molar-refractivity contribution in [1.29, 1.82) is 0 Å². The maximum absolute atomic E-state index is 12.5. The lowest BCUT2D eigenvalue weighted by Crippen LogP contribution is -2.34. The van der Waals surface area contributed by atoms with E-state index in [0.717, 1.165) is 38.5 Å². The summed E-state index contributed by atoms with van der Waals surface area (Å²) in [5.74, 6) is -2.44. The molecule has 0 saturated carbocycles. The third-order valence-corrected chi connectivity index (χ3v) is 9.34. The maximum Gasteiger partial charge on any atom is 0.472 e. The molecule has 0 spiro atoms. The number of nitrogens with two attached hydrogens (primary N) is 1. The van der Waals surface area contributed by atoms with Crippen molar-refractivity contribution >= 4 is 25.7 Å². The lowest BCUT2D eigenvalue weighted by Gasteiger charge is -2.20. The van der Waals surface area contributed by atoms with Gasteiger partial charge in [-0.1, -0.05) is 147 Å². The molecular formula is C40H72NO10P. The van der Waals surface area contributed by atoms with E-state index < -0.39 is 51.1 Å². The first kappa shape index (κ1) is 49.7. The Morgan fingerprint density at radius 3 is 1.58 bits per heavy atom. The molecule has 0 aliphatic heterocycles. The third-order valence-electron chi connectivity index (χ3n) is 8.39. The zero-order valence-electron chi connectivity index (χ0n) is 32.4. The number of unbranched alkanes of at least 4 members (excludes halogenated alkanes) is 17. The first-order valence-electron chi connectivity index (χ1n) is 20.0. The summed E-state index contributed by atoms with van der Waals surface area (Å²) in [6.07, 6.45) is 36.5. The first-order chi connectivity index (χ1) is 25.1. The standard InChI is InChI=1S/C40H72NO10P/c1-3-5-7-9-11-13-15-16-17-18-19-20-22-23-25-27-29-31-38(42)48-33-36(34-49-52(46,47)50-35-37(41)40(44)45)51-39(43)32-30-28-26-24-21-14-12-10-8-6-4-2/h16-17,19-20,23,25,36-37H,3-15,18,21-22,24,26-35,41H2,1-2H3,(H,44,45)(H,46,47)/b17-16+,20-19+,25-23+/t36-,37+/m0/s1. The topological polar surface area (TPSA) is 172 Å². The molecule has 11 nitrogen and oxygen atoms in total. The average molecular weight is 758 g/mol. The fraction of sp³-hybridized carbons (Fsp3) is 0.775. The smallest absolute Gasteiger partial charge is 0.472 e. The number of esters is 2. The Kier molecular flexibility index (Phi) is 34.1. The van der Waals surface area contributed by atoms with Crippen LogP contribution in [0.25, 0.3) is 0 Å². The van der Waals surface area contributed by atoms with Gasteiger partial charge in [-0.2, -0.15) is 0 Å². The van der Waals surface area contributed by atoms with E-state index in [1.54, 1.807) is 0 Å². The maximum atomic E-state index is 12.5. The number of carboxylic acid groups (broad SMARTS) is 1. The van der Waals surface area contributed by atoms with Crippen LogP contribution in [-0.2, 0) is 37.5 Å². The second-order valence-corrected chi connectivity index (χ2v) is 14.9. The van der Waals surface area contributed by atoms with Gasteiger partial charge < -0.3 is 25.2 Å². The monoisotopic (exact) mass is 757 g/mol. The van der Waals surface area contributed by atoms with Crippen LogP contribution in [0, 0.1) is 0 Å². The number of phosphoric ester groups is 1. The molecule has 1 unspecified atom stereocenters. The van der Waals surface area contributed by atoms with Gasteiger partial charge >= 0.3 is 25.7 Å². The minimum Gasteiger partial charge on any atom is -0.480 e. The Balaban J connectivity index is 4.48. The lowest BCUT2D eigenvalue weighted by molar-refractivity contribution is -0.161. The van der Waals surface area contributed by atoms with E-state index in [1.807, 2.05) is 6.08 Å². The molecule has 0 aromatic rings. The molecule has 3 atom stereocenters. The summed E-state index contributed by atoms with van der Waals surface area (Å²) in [4.78, 5) is 45.7. The third kappa shape index (κ3) is 34.8. The number of hydrogen-bond donors (Lipinski definition) is 3. The highest BCUT2D eigenvalue weighted by Crippen LogP contribution is 2.43. The van der Waals surface area contributed by atoms with E-state index in [4.69, 9.17) is 24.8 Å². The average Bonchev–Trinajstić information content (AvgIpc) is 3.12. The lowest BCUT2D eigenvalue weighted by atomic mass is 10.1. The molecule has 0 amide bonds. The highest BCUT2D eigenvalue weighted by atomic mass is 31.2. The summed E-state index contributed by atoms with van der Waals surface area (Å²) in [6, 6.07) is -1.53. The number of allylic oxidation sites excluding steroid dienone is 6. The number of carbonyl (C=O) groups is 3. The molecule has 0 aliphatic carbocycles. The predicted molar refractivity (Wildman–Crippen MR) is 208 cm³/mol. The van der Waals surface area contributed by atoms with Crippen LogP contribution in [0.1, 0.15) is 168 Å². The van der Waals surface area contributed by atoms with Gasteiger partial charge in [-0.3, -0.25) is 23.4 Å². The van der Waals surface area contributed by atoms with E-state index in [2.05, 4.69) is 48.8 Å². The summed E-state index contributed by atoms with van der Waals surface area (Å²) in [6.45, 7) is 2.72. The van der Waals surface area contributed by atoms with E-state index >= 15 is 0 Å². The van der Waals surface area contributed by atoms with Gasteiger partial charge in [0, 0.05) is 12.8 Å². The molecule has 0 bridgehead atoms. The molecule has 12 heteroatoms.